The van der Waals surface area contributed by atoms with Crippen molar-refractivity contribution in [3.05, 3.63) is 65.7 Å². The Morgan fingerprint density at radius 2 is 1.74 bits per heavy atom. The van der Waals surface area contributed by atoms with Gasteiger partial charge < -0.3 is 14.9 Å². The maximum atomic E-state index is 14.4. The Balaban J connectivity index is 1.48. The number of fused-ring (bicyclic) bond motifs is 4. The summed E-state index contributed by atoms with van der Waals surface area (Å²) in [7, 11) is 1.47. The van der Waals surface area contributed by atoms with Crippen LogP contribution in [0.2, 0.25) is 0 Å². The quantitative estimate of drug-likeness (QED) is 0.379. The van der Waals surface area contributed by atoms with Crippen LogP contribution in [0.4, 0.5) is 5.69 Å². The van der Waals surface area contributed by atoms with Gasteiger partial charge in [-0.2, -0.15) is 0 Å². The summed E-state index contributed by atoms with van der Waals surface area (Å²) >= 11 is 0. The normalized spacial score (nSPS) is 30.1. The number of carbonyl (C=O) groups is 5. The van der Waals surface area contributed by atoms with Crippen LogP contribution in [0.3, 0.4) is 0 Å². The number of hydrogen-bond donors (Lipinski definition) is 2. The number of phenolic OH excluding ortho intramolecular Hbond substituents is 1. The Labute approximate surface area is 242 Å². The highest BCUT2D eigenvalue weighted by Gasteiger charge is 2.68. The van der Waals surface area contributed by atoms with Gasteiger partial charge in [0.25, 0.3) is 0 Å². The summed E-state index contributed by atoms with van der Waals surface area (Å²) in [6.07, 6.45) is 2.33. The maximum absolute atomic E-state index is 14.4. The van der Waals surface area contributed by atoms with Crippen LogP contribution in [-0.4, -0.2) is 58.4 Å². The third-order valence-electron chi connectivity index (χ3n) is 9.70. The molecule has 2 aliphatic carbocycles. The molecule has 0 bridgehead atoms. The molecule has 10 heteroatoms. The summed E-state index contributed by atoms with van der Waals surface area (Å²) in [5.74, 6) is -5.80. The van der Waals surface area contributed by atoms with E-state index < -0.39 is 46.9 Å². The Hall–Kier alpha value is -4.47. The van der Waals surface area contributed by atoms with E-state index in [2.05, 4.69) is 0 Å². The first-order chi connectivity index (χ1) is 20.1. The monoisotopic (exact) mass is 572 g/mol. The summed E-state index contributed by atoms with van der Waals surface area (Å²) < 4.78 is 5.66. The fourth-order valence-corrected chi connectivity index (χ4v) is 7.82. The maximum Gasteiger partial charge on any atom is 0.303 e. The van der Waals surface area contributed by atoms with Crippen molar-refractivity contribution in [1.82, 2.24) is 4.90 Å². The van der Waals surface area contributed by atoms with Gasteiger partial charge in [-0.1, -0.05) is 35.9 Å². The van der Waals surface area contributed by atoms with Crippen molar-refractivity contribution in [2.45, 2.75) is 38.5 Å². The highest BCUT2D eigenvalue weighted by Crippen LogP contribution is 2.65. The van der Waals surface area contributed by atoms with Crippen molar-refractivity contribution in [2.24, 2.45) is 29.1 Å². The van der Waals surface area contributed by atoms with Gasteiger partial charge >= 0.3 is 5.97 Å². The van der Waals surface area contributed by atoms with Gasteiger partial charge in [-0.15, -0.1) is 0 Å². The number of carbonyl (C=O) groups excluding carboxylic acids is 4. The Kier molecular flexibility index (Phi) is 6.67. The first-order valence-corrected chi connectivity index (χ1v) is 14.2. The number of aromatic hydroxyl groups is 1. The molecule has 0 aromatic heterocycles. The molecule has 4 amide bonds. The topological polar surface area (TPSA) is 142 Å². The zero-order valence-corrected chi connectivity index (χ0v) is 23.4. The molecular weight excluding hydrogens is 540 g/mol. The largest absolute Gasteiger partial charge is 0.508 e. The predicted molar refractivity (Wildman–Crippen MR) is 149 cm³/mol. The van der Waals surface area contributed by atoms with Crippen molar-refractivity contribution >= 4 is 35.3 Å². The molecule has 6 rings (SSSR count). The molecule has 2 saturated heterocycles. The van der Waals surface area contributed by atoms with E-state index in [4.69, 9.17) is 9.84 Å². The molecule has 218 valence electrons. The summed E-state index contributed by atoms with van der Waals surface area (Å²) in [6.45, 7) is 1.76. The van der Waals surface area contributed by atoms with Crippen molar-refractivity contribution in [3.63, 3.8) is 0 Å². The molecule has 1 saturated carbocycles. The molecule has 0 unspecified atom stereocenters. The van der Waals surface area contributed by atoms with Crippen LogP contribution in [0.15, 0.2) is 60.2 Å². The van der Waals surface area contributed by atoms with Crippen LogP contribution in [0.5, 0.6) is 11.5 Å². The van der Waals surface area contributed by atoms with Crippen molar-refractivity contribution in [3.8, 4) is 11.5 Å². The average molecular weight is 573 g/mol. The Bertz CT molecular complexity index is 1530. The summed E-state index contributed by atoms with van der Waals surface area (Å²) in [5.41, 5.74) is 0.242. The number of ether oxygens (including phenoxy) is 1. The molecule has 2 aliphatic heterocycles. The Morgan fingerprint density at radius 1 is 1.00 bits per heavy atom. The van der Waals surface area contributed by atoms with E-state index in [1.54, 1.807) is 49.4 Å². The van der Waals surface area contributed by atoms with Crippen molar-refractivity contribution in [1.29, 1.82) is 0 Å². The second-order valence-corrected chi connectivity index (χ2v) is 11.7. The van der Waals surface area contributed by atoms with Crippen LogP contribution < -0.4 is 9.64 Å². The highest BCUT2D eigenvalue weighted by molar-refractivity contribution is 6.24. The molecule has 4 aliphatic rings. The lowest BCUT2D eigenvalue weighted by Gasteiger charge is -2.49. The molecule has 10 nitrogen and oxygen atoms in total. The number of likely N-dealkylation sites (tertiary alicyclic amines) is 1. The number of para-hydroxylation sites is 1. The van der Waals surface area contributed by atoms with E-state index in [1.807, 2.05) is 6.08 Å². The van der Waals surface area contributed by atoms with E-state index in [-0.39, 0.29) is 55.7 Å². The number of benzene rings is 2. The van der Waals surface area contributed by atoms with Crippen molar-refractivity contribution in [2.75, 3.05) is 18.6 Å². The van der Waals surface area contributed by atoms with Crippen LogP contribution in [0, 0.1) is 29.1 Å². The van der Waals surface area contributed by atoms with Crippen LogP contribution in [0.25, 0.3) is 0 Å². The third-order valence-corrected chi connectivity index (χ3v) is 9.70. The van der Waals surface area contributed by atoms with Crippen molar-refractivity contribution < 1.29 is 38.9 Å². The number of phenols is 1. The lowest BCUT2D eigenvalue weighted by atomic mass is 9.51. The third kappa shape index (κ3) is 3.88. The minimum Gasteiger partial charge on any atom is -0.508 e. The van der Waals surface area contributed by atoms with Gasteiger partial charge in [0.2, 0.25) is 23.6 Å². The number of amides is 4. The second-order valence-electron chi connectivity index (χ2n) is 11.7. The smallest absolute Gasteiger partial charge is 0.303 e. The number of nitrogens with zero attached hydrogens (tertiary/aromatic N) is 2. The molecule has 0 spiro atoms. The molecule has 2 aromatic carbocycles. The van der Waals surface area contributed by atoms with Gasteiger partial charge in [0, 0.05) is 24.4 Å². The van der Waals surface area contributed by atoms with E-state index in [9.17, 15) is 29.1 Å². The molecule has 42 heavy (non-hydrogen) atoms. The fraction of sp³-hybridized carbons (Fsp3) is 0.406. The molecule has 2 N–H and O–H groups in total. The number of anilines is 1. The number of hydrogen-bond acceptors (Lipinski definition) is 7. The van der Waals surface area contributed by atoms with E-state index >= 15 is 0 Å². The number of allylic oxidation sites excluding steroid dienone is 2. The molecule has 2 aromatic rings. The SMILES string of the molecule is COc1cccc(O)c1[C@H]1C2=CC[C@@H]3C(=O)N(CCCC(=O)O)C(=O)[C@@H]3[C@@H]2C[C@H]2C(=O)N(c3ccccc3)C(=O)[C@@]12C. The summed E-state index contributed by atoms with van der Waals surface area (Å²) in [4.78, 5) is 69.1. The minimum absolute atomic E-state index is 0.0100. The van der Waals surface area contributed by atoms with Crippen LogP contribution in [-0.2, 0) is 24.0 Å². The molecule has 6 atom stereocenters. The standard InChI is InChI=1S/C32H32N2O8/c1-32-21(29(39)34(31(32)41)17-8-4-3-5-9-17)16-20-18(27(32)26-22(35)10-6-11-23(26)42-2)13-14-19-25(20)30(40)33(28(19)38)15-7-12-24(36)37/h3-6,8-11,13,19-21,25,27,35H,7,12,14-16H2,1-2H3,(H,36,37)/t19-,20+,21-,25-,27+,32+/m0/s1. The highest BCUT2D eigenvalue weighted by atomic mass is 16.5. The van der Waals surface area contributed by atoms with Gasteiger partial charge in [-0.05, 0) is 56.4 Å². The van der Waals surface area contributed by atoms with Gasteiger partial charge in [-0.3, -0.25) is 28.9 Å². The fourth-order valence-electron chi connectivity index (χ4n) is 7.82. The predicted octanol–water partition coefficient (Wildman–Crippen LogP) is 3.50. The van der Waals surface area contributed by atoms with E-state index in [0.29, 0.717) is 17.0 Å². The number of carboxylic acids is 1. The van der Waals surface area contributed by atoms with Crippen LogP contribution in [0.1, 0.15) is 44.1 Å². The molecule has 3 fully saturated rings. The number of methoxy groups -OCH3 is 1. The zero-order chi connectivity index (χ0) is 29.9. The van der Waals surface area contributed by atoms with Gasteiger partial charge in [0.05, 0.1) is 36.0 Å². The molecule has 2 heterocycles. The molecule has 0 radical (unpaired) electrons. The minimum atomic E-state index is -1.30. The Morgan fingerprint density at radius 3 is 2.43 bits per heavy atom. The molecular formula is C32H32N2O8. The van der Waals surface area contributed by atoms with E-state index in [0.717, 1.165) is 10.5 Å². The lowest BCUT2D eigenvalue weighted by Crippen LogP contribution is -2.49. The second kappa shape index (κ2) is 10.1. The lowest BCUT2D eigenvalue weighted by molar-refractivity contribution is -0.142. The van der Waals surface area contributed by atoms with Gasteiger partial charge in [-0.25, -0.2) is 4.90 Å². The average Bonchev–Trinajstić information content (AvgIpc) is 3.33. The van der Waals surface area contributed by atoms with E-state index in [1.165, 1.54) is 18.1 Å². The summed E-state index contributed by atoms with van der Waals surface area (Å²) in [6, 6.07) is 13.5. The van der Waals surface area contributed by atoms with Gasteiger partial charge in [0.1, 0.15) is 11.5 Å². The summed E-state index contributed by atoms with van der Waals surface area (Å²) in [5, 5.41) is 20.3. The number of aliphatic carboxylic acids is 1. The first-order valence-electron chi connectivity index (χ1n) is 14.2. The zero-order valence-electron chi connectivity index (χ0n) is 23.4. The number of rotatable bonds is 7. The first kappa shape index (κ1) is 27.7. The van der Waals surface area contributed by atoms with Gasteiger partial charge in [0.15, 0.2) is 0 Å². The van der Waals surface area contributed by atoms with Crippen LogP contribution >= 0.6 is 0 Å². The number of imide groups is 2. The number of carboxylic acid groups (broad SMARTS) is 1.